The highest BCUT2D eigenvalue weighted by atomic mass is 16.6. The van der Waals surface area contributed by atoms with Gasteiger partial charge >= 0.3 is 5.97 Å². The van der Waals surface area contributed by atoms with E-state index in [1.807, 2.05) is 6.92 Å². The van der Waals surface area contributed by atoms with Gasteiger partial charge in [0.15, 0.2) is 0 Å². The number of carbonyl (C=O) groups is 1. The fraction of sp³-hybridized carbons (Fsp3) is 0.900. The summed E-state index contributed by atoms with van der Waals surface area (Å²) in [4.78, 5) is 11.2. The monoisotopic (exact) mass is 168 g/mol. The highest BCUT2D eigenvalue weighted by Crippen LogP contribution is 2.40. The molecule has 1 aliphatic heterocycles. The van der Waals surface area contributed by atoms with Crippen molar-refractivity contribution in [2.45, 2.75) is 39.2 Å². The molecule has 2 fully saturated rings. The second kappa shape index (κ2) is 2.75. The largest absolute Gasteiger partial charge is 0.462 e. The van der Waals surface area contributed by atoms with E-state index in [0.29, 0.717) is 5.92 Å². The van der Waals surface area contributed by atoms with Crippen LogP contribution in [0.5, 0.6) is 0 Å². The predicted octanol–water partition coefficient (Wildman–Crippen LogP) is 1.98. The molecule has 4 atom stereocenters. The van der Waals surface area contributed by atoms with Gasteiger partial charge in [-0.2, -0.15) is 0 Å². The Balaban J connectivity index is 2.09. The zero-order chi connectivity index (χ0) is 8.72. The normalized spacial score (nSPS) is 47.0. The molecule has 0 N–H and O–H groups in total. The minimum atomic E-state index is 0.0269. The molecule has 0 radical (unpaired) electrons. The number of hydrogen-bond acceptors (Lipinski definition) is 2. The molecular weight excluding hydrogens is 152 g/mol. The topological polar surface area (TPSA) is 26.3 Å². The standard InChI is InChI=1S/C10H16O2/c1-6-3-4-8-7(2)10(11)12-9(8)5-6/h6-9H,3-5H2,1-2H3/t6-,7-,8+,9-/m0/s1. The first-order valence-corrected chi connectivity index (χ1v) is 4.89. The molecular formula is C10H16O2. The second-order valence-electron chi connectivity index (χ2n) is 4.35. The van der Waals surface area contributed by atoms with Gasteiger partial charge in [-0.25, -0.2) is 0 Å². The van der Waals surface area contributed by atoms with Gasteiger partial charge in [-0.3, -0.25) is 4.79 Å². The first-order valence-electron chi connectivity index (χ1n) is 4.89. The molecule has 2 rings (SSSR count). The molecule has 12 heavy (non-hydrogen) atoms. The Labute approximate surface area is 73.3 Å². The summed E-state index contributed by atoms with van der Waals surface area (Å²) in [7, 11) is 0. The molecule has 1 saturated heterocycles. The van der Waals surface area contributed by atoms with E-state index in [2.05, 4.69) is 6.92 Å². The summed E-state index contributed by atoms with van der Waals surface area (Å²) in [5.41, 5.74) is 0. The van der Waals surface area contributed by atoms with Gasteiger partial charge in [0.05, 0.1) is 5.92 Å². The maximum absolute atomic E-state index is 11.2. The lowest BCUT2D eigenvalue weighted by Crippen LogP contribution is -2.27. The lowest BCUT2D eigenvalue weighted by molar-refractivity contribution is -0.144. The molecule has 1 aliphatic carbocycles. The van der Waals surface area contributed by atoms with E-state index in [0.717, 1.165) is 12.3 Å². The number of ether oxygens (including phenoxy) is 1. The van der Waals surface area contributed by atoms with Gasteiger partial charge in [0, 0.05) is 5.92 Å². The molecule has 0 aromatic heterocycles. The van der Waals surface area contributed by atoms with Crippen LogP contribution in [0.1, 0.15) is 33.1 Å². The minimum absolute atomic E-state index is 0.0269. The number of esters is 1. The summed E-state index contributed by atoms with van der Waals surface area (Å²) in [6, 6.07) is 0. The summed E-state index contributed by atoms with van der Waals surface area (Å²) >= 11 is 0. The third-order valence-corrected chi connectivity index (χ3v) is 3.39. The Morgan fingerprint density at radius 3 is 2.83 bits per heavy atom. The fourth-order valence-corrected chi connectivity index (χ4v) is 2.49. The van der Waals surface area contributed by atoms with Crippen LogP contribution in [0, 0.1) is 17.8 Å². The molecule has 2 nitrogen and oxygen atoms in total. The Morgan fingerprint density at radius 2 is 2.08 bits per heavy atom. The maximum Gasteiger partial charge on any atom is 0.309 e. The molecule has 68 valence electrons. The highest BCUT2D eigenvalue weighted by Gasteiger charge is 2.43. The van der Waals surface area contributed by atoms with Crippen molar-refractivity contribution in [3.8, 4) is 0 Å². The Kier molecular flexibility index (Phi) is 1.85. The van der Waals surface area contributed by atoms with Crippen molar-refractivity contribution in [1.29, 1.82) is 0 Å². The van der Waals surface area contributed by atoms with Crippen LogP contribution in [0.15, 0.2) is 0 Å². The molecule has 2 aliphatic rings. The molecule has 0 spiro atoms. The van der Waals surface area contributed by atoms with Gasteiger partial charge in [-0.15, -0.1) is 0 Å². The lowest BCUT2D eigenvalue weighted by Gasteiger charge is -2.28. The van der Waals surface area contributed by atoms with E-state index in [9.17, 15) is 4.79 Å². The lowest BCUT2D eigenvalue weighted by atomic mass is 9.77. The smallest absolute Gasteiger partial charge is 0.309 e. The van der Waals surface area contributed by atoms with E-state index in [-0.39, 0.29) is 18.0 Å². The van der Waals surface area contributed by atoms with Crippen molar-refractivity contribution in [3.63, 3.8) is 0 Å². The summed E-state index contributed by atoms with van der Waals surface area (Å²) in [5.74, 6) is 1.44. The van der Waals surface area contributed by atoms with E-state index < -0.39 is 0 Å². The Morgan fingerprint density at radius 1 is 1.33 bits per heavy atom. The van der Waals surface area contributed by atoms with Crippen molar-refractivity contribution in [1.82, 2.24) is 0 Å². The number of fused-ring (bicyclic) bond motifs is 1. The summed E-state index contributed by atoms with van der Waals surface area (Å²) in [6.45, 7) is 4.25. The molecule has 1 heterocycles. The third-order valence-electron chi connectivity index (χ3n) is 3.39. The summed E-state index contributed by atoms with van der Waals surface area (Å²) in [6.07, 6.45) is 3.78. The van der Waals surface area contributed by atoms with Crippen LogP contribution in [0.3, 0.4) is 0 Å². The second-order valence-corrected chi connectivity index (χ2v) is 4.35. The van der Waals surface area contributed by atoms with Gasteiger partial charge in [-0.1, -0.05) is 20.3 Å². The van der Waals surface area contributed by atoms with Crippen LogP contribution in [-0.4, -0.2) is 12.1 Å². The average Bonchev–Trinajstić information content (AvgIpc) is 2.28. The average molecular weight is 168 g/mol. The third kappa shape index (κ3) is 1.13. The van der Waals surface area contributed by atoms with E-state index in [4.69, 9.17) is 4.74 Å². The van der Waals surface area contributed by atoms with Crippen molar-refractivity contribution in [3.05, 3.63) is 0 Å². The molecule has 0 amide bonds. The molecule has 0 aromatic carbocycles. The first kappa shape index (κ1) is 8.09. The summed E-state index contributed by atoms with van der Waals surface area (Å²) < 4.78 is 5.31. The quantitative estimate of drug-likeness (QED) is 0.517. The first-order chi connectivity index (χ1) is 5.68. The Hall–Kier alpha value is -0.530. The molecule has 0 bridgehead atoms. The zero-order valence-electron chi connectivity index (χ0n) is 7.75. The molecule has 1 saturated carbocycles. The van der Waals surface area contributed by atoms with Crippen LogP contribution in [0.4, 0.5) is 0 Å². The Bertz CT molecular complexity index is 200. The van der Waals surface area contributed by atoms with Crippen LogP contribution >= 0.6 is 0 Å². The molecule has 2 heteroatoms. The highest BCUT2D eigenvalue weighted by molar-refractivity contribution is 5.74. The van der Waals surface area contributed by atoms with Crippen LogP contribution in [0.25, 0.3) is 0 Å². The van der Waals surface area contributed by atoms with Gasteiger partial charge in [-0.05, 0) is 18.8 Å². The number of hydrogen-bond donors (Lipinski definition) is 0. The molecule has 0 aromatic rings. The van der Waals surface area contributed by atoms with Crippen molar-refractivity contribution >= 4 is 5.97 Å². The van der Waals surface area contributed by atoms with Crippen LogP contribution in [-0.2, 0) is 9.53 Å². The zero-order valence-corrected chi connectivity index (χ0v) is 7.75. The number of carbonyl (C=O) groups excluding carboxylic acids is 1. The van der Waals surface area contributed by atoms with E-state index >= 15 is 0 Å². The summed E-state index contributed by atoms with van der Waals surface area (Å²) in [5, 5.41) is 0. The van der Waals surface area contributed by atoms with Gasteiger partial charge in [0.1, 0.15) is 6.10 Å². The maximum atomic E-state index is 11.2. The van der Waals surface area contributed by atoms with E-state index in [1.165, 1.54) is 12.8 Å². The predicted molar refractivity (Wildman–Crippen MR) is 45.5 cm³/mol. The van der Waals surface area contributed by atoms with Gasteiger partial charge in [0.25, 0.3) is 0 Å². The minimum Gasteiger partial charge on any atom is -0.462 e. The number of rotatable bonds is 0. The van der Waals surface area contributed by atoms with Crippen molar-refractivity contribution in [2.24, 2.45) is 17.8 Å². The SMILES string of the molecule is C[C@H]1CC[C@H]2[C@H](C1)OC(=O)[C@H]2C. The van der Waals surface area contributed by atoms with Crippen LogP contribution in [0.2, 0.25) is 0 Å². The van der Waals surface area contributed by atoms with E-state index in [1.54, 1.807) is 0 Å². The molecule has 0 unspecified atom stereocenters. The van der Waals surface area contributed by atoms with Crippen molar-refractivity contribution < 1.29 is 9.53 Å². The van der Waals surface area contributed by atoms with Gasteiger partial charge < -0.3 is 4.74 Å². The van der Waals surface area contributed by atoms with Crippen LogP contribution < -0.4 is 0 Å². The van der Waals surface area contributed by atoms with Crippen molar-refractivity contribution in [2.75, 3.05) is 0 Å². The fourth-order valence-electron chi connectivity index (χ4n) is 2.49. The van der Waals surface area contributed by atoms with Gasteiger partial charge in [0.2, 0.25) is 0 Å².